The van der Waals surface area contributed by atoms with Gasteiger partial charge in [-0.2, -0.15) is 17.6 Å². The first-order chi connectivity index (χ1) is 27.5. The van der Waals surface area contributed by atoms with Gasteiger partial charge in [-0.25, -0.2) is 69.9 Å². The van der Waals surface area contributed by atoms with Crippen molar-refractivity contribution in [2.75, 3.05) is 0 Å². The van der Waals surface area contributed by atoms with Gasteiger partial charge in [0, 0.05) is 0 Å². The Morgan fingerprint density at radius 3 is 0.678 bits per heavy atom. The third-order valence-corrected chi connectivity index (χ3v) is 9.86. The molecule has 59 heavy (non-hydrogen) atoms. The van der Waals surface area contributed by atoms with E-state index in [1.807, 2.05) is 0 Å². The van der Waals surface area contributed by atoms with Gasteiger partial charge in [0.2, 0.25) is 56.2 Å². The van der Waals surface area contributed by atoms with Crippen molar-refractivity contribution in [3.63, 3.8) is 0 Å². The lowest BCUT2D eigenvalue weighted by atomic mass is 10.0. The molecule has 4 nitrogen and oxygen atoms in total. The van der Waals surface area contributed by atoms with Crippen molar-refractivity contribution in [3.05, 3.63) is 153 Å². The van der Waals surface area contributed by atoms with Crippen LogP contribution in [0.5, 0.6) is 23.0 Å². The van der Waals surface area contributed by atoms with E-state index in [4.69, 9.17) is 9.47 Å². The van der Waals surface area contributed by atoms with Gasteiger partial charge in [0.1, 0.15) is 11.5 Å². The van der Waals surface area contributed by atoms with E-state index < -0.39 is 170 Å². The lowest BCUT2D eigenvalue weighted by Crippen LogP contribution is -2.09. The predicted octanol–water partition coefficient (Wildman–Crippen LogP) is 11.9. The first-order valence-corrected chi connectivity index (χ1v) is 16.6. The van der Waals surface area contributed by atoms with E-state index in [1.54, 1.807) is 0 Å². The normalized spacial score (nSPS) is 11.7. The standard InChI is InChI=1S/C36H8F18O4S/c37-17-13(18(38)26(46)29(49)25(17)45)15-21(41)31(51)35(32(52)22(15)42)57-9-1-5-11(6-2-9)59(55,56)12-7-3-10(4-8-12)58-36-33(53)23(43)16(24(44)34(36)54)14-19(39)27(47)30(50)28(48)20(14)40/h1-8H. The lowest BCUT2D eigenvalue weighted by molar-refractivity contribution is 0.363. The monoisotopic (exact) mass is 878 g/mol. The van der Waals surface area contributed by atoms with Crippen molar-refractivity contribution in [2.24, 2.45) is 0 Å². The van der Waals surface area contributed by atoms with Crippen LogP contribution < -0.4 is 9.47 Å². The molecule has 6 rings (SSSR count). The molecule has 6 aromatic rings. The quantitative estimate of drug-likeness (QED) is 0.0868. The largest absolute Gasteiger partial charge is 0.451 e. The Bertz CT molecular complexity index is 2560. The lowest BCUT2D eigenvalue weighted by Gasteiger charge is -2.15. The second-order valence-corrected chi connectivity index (χ2v) is 13.4. The zero-order valence-corrected chi connectivity index (χ0v) is 28.3. The molecular formula is C36H8F18O4S. The van der Waals surface area contributed by atoms with Crippen molar-refractivity contribution in [1.29, 1.82) is 0 Å². The average Bonchev–Trinajstić information content (AvgIpc) is 3.22. The van der Waals surface area contributed by atoms with E-state index in [0.29, 0.717) is 48.5 Å². The molecule has 0 radical (unpaired) electrons. The van der Waals surface area contributed by atoms with Gasteiger partial charge in [0.15, 0.2) is 69.8 Å². The minimum absolute atomic E-state index is 0.641. The molecule has 0 atom stereocenters. The van der Waals surface area contributed by atoms with Gasteiger partial charge in [-0.3, -0.25) is 0 Å². The number of benzene rings is 6. The number of rotatable bonds is 8. The van der Waals surface area contributed by atoms with Crippen LogP contribution in [0.1, 0.15) is 0 Å². The zero-order chi connectivity index (χ0) is 43.7. The van der Waals surface area contributed by atoms with Crippen molar-refractivity contribution in [1.82, 2.24) is 0 Å². The topological polar surface area (TPSA) is 52.6 Å². The second-order valence-electron chi connectivity index (χ2n) is 11.5. The maximum Gasteiger partial charge on any atom is 0.206 e. The first-order valence-electron chi connectivity index (χ1n) is 15.1. The molecule has 0 aliphatic carbocycles. The summed E-state index contributed by atoms with van der Waals surface area (Å²) < 4.78 is 293. The highest BCUT2D eigenvalue weighted by Gasteiger charge is 2.37. The van der Waals surface area contributed by atoms with Crippen LogP contribution in [0.15, 0.2) is 58.3 Å². The van der Waals surface area contributed by atoms with Gasteiger partial charge in [-0.05, 0) is 48.5 Å². The van der Waals surface area contributed by atoms with E-state index in [0.717, 1.165) is 0 Å². The fourth-order valence-corrected chi connectivity index (χ4v) is 6.50. The van der Waals surface area contributed by atoms with Gasteiger partial charge in [0.05, 0.1) is 32.0 Å². The van der Waals surface area contributed by atoms with Gasteiger partial charge in [0.25, 0.3) is 0 Å². The van der Waals surface area contributed by atoms with Gasteiger partial charge in [-0.15, -0.1) is 0 Å². The van der Waals surface area contributed by atoms with Crippen molar-refractivity contribution < 1.29 is 96.9 Å². The van der Waals surface area contributed by atoms with E-state index >= 15 is 0 Å². The van der Waals surface area contributed by atoms with Gasteiger partial charge >= 0.3 is 0 Å². The summed E-state index contributed by atoms with van der Waals surface area (Å²) in [5.74, 6) is -54.0. The molecule has 0 spiro atoms. The molecular weight excluding hydrogens is 870 g/mol. The maximum atomic E-state index is 14.9. The molecule has 0 heterocycles. The van der Waals surface area contributed by atoms with Gasteiger partial charge in [-0.1, -0.05) is 0 Å². The molecule has 0 amide bonds. The minimum atomic E-state index is -4.65. The minimum Gasteiger partial charge on any atom is -0.451 e. The van der Waals surface area contributed by atoms with Crippen molar-refractivity contribution >= 4 is 9.84 Å². The molecule has 0 N–H and O–H groups in total. The Labute approximate surface area is 315 Å². The average molecular weight is 878 g/mol. The summed E-state index contributed by atoms with van der Waals surface area (Å²) in [5, 5.41) is 0. The molecule has 0 fully saturated rings. The second kappa shape index (κ2) is 15.1. The van der Waals surface area contributed by atoms with E-state index in [9.17, 15) is 87.4 Å². The Morgan fingerprint density at radius 2 is 0.458 bits per heavy atom. The van der Waals surface area contributed by atoms with E-state index in [2.05, 4.69) is 0 Å². The van der Waals surface area contributed by atoms with Crippen LogP contribution in [0.4, 0.5) is 79.0 Å². The van der Waals surface area contributed by atoms with E-state index in [1.165, 1.54) is 0 Å². The third kappa shape index (κ3) is 6.71. The van der Waals surface area contributed by atoms with E-state index in [-0.39, 0.29) is 0 Å². The first kappa shape index (κ1) is 42.2. The molecule has 0 aliphatic rings. The molecule has 23 heteroatoms. The predicted molar refractivity (Wildman–Crippen MR) is 161 cm³/mol. The Morgan fingerprint density at radius 1 is 0.271 bits per heavy atom. The highest BCUT2D eigenvalue weighted by molar-refractivity contribution is 7.91. The molecule has 0 aliphatic heterocycles. The summed E-state index contributed by atoms with van der Waals surface area (Å²) in [4.78, 5) is -1.35. The third-order valence-electron chi connectivity index (χ3n) is 8.07. The molecule has 308 valence electrons. The summed E-state index contributed by atoms with van der Waals surface area (Å²) in [7, 11) is -4.65. The number of halogens is 18. The SMILES string of the molecule is O=S(=O)(c1ccc(Oc2c(F)c(F)c(-c3c(F)c(F)c(F)c(F)c3F)c(F)c2F)cc1)c1ccc(Oc2c(F)c(F)c(-c3c(F)c(F)c(F)c(F)c3F)c(F)c2F)cc1. The number of hydrogen-bond acceptors (Lipinski definition) is 4. The van der Waals surface area contributed by atoms with Crippen molar-refractivity contribution in [2.45, 2.75) is 9.79 Å². The smallest absolute Gasteiger partial charge is 0.206 e. The molecule has 6 aromatic carbocycles. The Kier molecular flexibility index (Phi) is 10.8. The van der Waals surface area contributed by atoms with Crippen LogP contribution in [0, 0.1) is 105 Å². The highest BCUT2D eigenvalue weighted by atomic mass is 32.2. The van der Waals surface area contributed by atoms with Crippen LogP contribution in [-0.2, 0) is 9.84 Å². The molecule has 0 saturated heterocycles. The van der Waals surface area contributed by atoms with Crippen LogP contribution in [-0.4, -0.2) is 8.42 Å². The summed E-state index contributed by atoms with van der Waals surface area (Å²) in [6, 6.07) is 5.24. The number of sulfone groups is 1. The molecule has 0 aromatic heterocycles. The van der Waals surface area contributed by atoms with Gasteiger partial charge < -0.3 is 9.47 Å². The Hall–Kier alpha value is -6.39. The maximum absolute atomic E-state index is 14.9. The van der Waals surface area contributed by atoms with Crippen LogP contribution >= 0.6 is 0 Å². The van der Waals surface area contributed by atoms with Crippen LogP contribution in [0.2, 0.25) is 0 Å². The fraction of sp³-hybridized carbons (Fsp3) is 0. The fourth-order valence-electron chi connectivity index (χ4n) is 5.24. The van der Waals surface area contributed by atoms with Crippen molar-refractivity contribution in [3.8, 4) is 45.3 Å². The summed E-state index contributed by atoms with van der Waals surface area (Å²) in [6.45, 7) is 0. The highest BCUT2D eigenvalue weighted by Crippen LogP contribution is 2.43. The van der Waals surface area contributed by atoms with Crippen LogP contribution in [0.3, 0.4) is 0 Å². The number of ether oxygens (including phenoxy) is 2. The molecule has 0 saturated carbocycles. The zero-order valence-electron chi connectivity index (χ0n) is 27.5. The summed E-state index contributed by atoms with van der Waals surface area (Å²) >= 11 is 0. The summed E-state index contributed by atoms with van der Waals surface area (Å²) in [5.41, 5.74) is -9.39. The van der Waals surface area contributed by atoms with Crippen LogP contribution in [0.25, 0.3) is 22.3 Å². The Balaban J connectivity index is 1.25. The number of hydrogen-bond donors (Lipinski definition) is 0. The molecule has 0 unspecified atom stereocenters. The summed E-state index contributed by atoms with van der Waals surface area (Å²) in [6.07, 6.45) is 0. The molecule has 0 bridgehead atoms.